The molecule has 2 N–H and O–H groups in total. The Kier molecular flexibility index (Phi) is 4.52. The minimum absolute atomic E-state index is 0.0487. The Bertz CT molecular complexity index is 917. The van der Waals surface area contributed by atoms with Gasteiger partial charge in [-0.1, -0.05) is 6.07 Å². The van der Waals surface area contributed by atoms with Crippen LogP contribution < -0.4 is 9.44 Å². The molecule has 0 radical (unpaired) electrons. The summed E-state index contributed by atoms with van der Waals surface area (Å²) in [6.07, 6.45) is 3.07. The first kappa shape index (κ1) is 17.2. The molecular weight excluding hydrogens is 352 g/mol. The molecule has 0 aliphatic heterocycles. The molecule has 1 aromatic carbocycles. The van der Waals surface area contributed by atoms with Gasteiger partial charge in [0.1, 0.15) is 5.76 Å². The van der Waals surface area contributed by atoms with Gasteiger partial charge in [-0.15, -0.1) is 0 Å². The van der Waals surface area contributed by atoms with E-state index in [-0.39, 0.29) is 15.8 Å². The van der Waals surface area contributed by atoms with Gasteiger partial charge in [-0.25, -0.2) is 26.3 Å². The van der Waals surface area contributed by atoms with E-state index < -0.39 is 26.1 Å². The molecule has 1 fully saturated rings. The lowest BCUT2D eigenvalue weighted by Crippen LogP contribution is -2.28. The number of furan rings is 1. The summed E-state index contributed by atoms with van der Waals surface area (Å²) in [6.45, 7) is 1.64. The summed E-state index contributed by atoms with van der Waals surface area (Å²) in [5, 5.41) is 0. The first-order valence-electron chi connectivity index (χ1n) is 7.46. The van der Waals surface area contributed by atoms with E-state index in [1.165, 1.54) is 24.5 Å². The van der Waals surface area contributed by atoms with Crippen molar-refractivity contribution in [2.24, 2.45) is 0 Å². The van der Waals surface area contributed by atoms with Crippen LogP contribution in [-0.2, 0) is 20.0 Å². The summed E-state index contributed by atoms with van der Waals surface area (Å²) in [5.74, 6) is 0.470. The monoisotopic (exact) mass is 370 g/mol. The van der Waals surface area contributed by atoms with Crippen molar-refractivity contribution in [3.8, 4) is 0 Å². The van der Waals surface area contributed by atoms with E-state index in [0.29, 0.717) is 5.76 Å². The van der Waals surface area contributed by atoms with Crippen LogP contribution in [0.2, 0.25) is 0 Å². The molecule has 1 atom stereocenters. The Morgan fingerprint density at radius 1 is 1.04 bits per heavy atom. The van der Waals surface area contributed by atoms with Crippen LogP contribution in [0.1, 0.15) is 31.6 Å². The largest absolute Gasteiger partial charge is 0.468 e. The third kappa shape index (κ3) is 3.86. The van der Waals surface area contributed by atoms with Crippen molar-refractivity contribution < 1.29 is 21.3 Å². The van der Waals surface area contributed by atoms with E-state index in [1.54, 1.807) is 19.1 Å². The third-order valence-electron chi connectivity index (χ3n) is 3.63. The van der Waals surface area contributed by atoms with E-state index in [0.717, 1.165) is 18.9 Å². The van der Waals surface area contributed by atoms with Crippen molar-refractivity contribution in [3.63, 3.8) is 0 Å². The Balaban J connectivity index is 1.84. The van der Waals surface area contributed by atoms with Gasteiger partial charge in [0.25, 0.3) is 0 Å². The van der Waals surface area contributed by atoms with Gasteiger partial charge in [-0.3, -0.25) is 0 Å². The first-order chi connectivity index (χ1) is 11.3. The number of rotatable bonds is 7. The Morgan fingerprint density at radius 3 is 2.29 bits per heavy atom. The summed E-state index contributed by atoms with van der Waals surface area (Å²) >= 11 is 0. The maximum atomic E-state index is 12.5. The van der Waals surface area contributed by atoms with E-state index in [1.807, 2.05) is 0 Å². The lowest BCUT2D eigenvalue weighted by molar-refractivity contribution is 0.459. The summed E-state index contributed by atoms with van der Waals surface area (Å²) in [5.41, 5.74) is 0. The molecule has 130 valence electrons. The molecule has 0 spiro atoms. The SMILES string of the molecule is C[C@@H](NS(=O)(=O)c1cccc(S(=O)(=O)NC2CC2)c1)c1ccco1. The molecule has 1 saturated carbocycles. The average Bonchev–Trinajstić information content (AvgIpc) is 3.15. The van der Waals surface area contributed by atoms with Crippen LogP contribution >= 0.6 is 0 Å². The van der Waals surface area contributed by atoms with Crippen molar-refractivity contribution in [3.05, 3.63) is 48.4 Å². The number of hydrogen-bond acceptors (Lipinski definition) is 5. The fourth-order valence-corrected chi connectivity index (χ4v) is 4.88. The fourth-order valence-electron chi connectivity index (χ4n) is 2.19. The van der Waals surface area contributed by atoms with Crippen LogP contribution in [0.25, 0.3) is 0 Å². The maximum absolute atomic E-state index is 12.5. The van der Waals surface area contributed by atoms with Gasteiger partial charge in [0.15, 0.2) is 0 Å². The van der Waals surface area contributed by atoms with Crippen molar-refractivity contribution in [1.29, 1.82) is 0 Å². The Hall–Kier alpha value is -1.68. The zero-order chi connectivity index (χ0) is 17.4. The molecule has 0 unspecified atom stereocenters. The standard InChI is InChI=1S/C15H18N2O5S2/c1-11(15-6-3-9-22-15)16-23(18,19)13-4-2-5-14(10-13)24(20,21)17-12-7-8-12/h2-6,9-12,16-17H,7-8H2,1H3/t11-/m1/s1. The van der Waals surface area contributed by atoms with Gasteiger partial charge >= 0.3 is 0 Å². The predicted octanol–water partition coefficient (Wildman–Crippen LogP) is 1.76. The number of sulfonamides is 2. The fraction of sp³-hybridized carbons (Fsp3) is 0.333. The third-order valence-corrected chi connectivity index (χ3v) is 6.68. The highest BCUT2D eigenvalue weighted by Gasteiger charge is 2.29. The average molecular weight is 370 g/mol. The van der Waals surface area contributed by atoms with Gasteiger partial charge in [-0.2, -0.15) is 0 Å². The molecule has 24 heavy (non-hydrogen) atoms. The molecule has 1 aliphatic rings. The molecule has 1 aliphatic carbocycles. The topological polar surface area (TPSA) is 105 Å². The van der Waals surface area contributed by atoms with Crippen molar-refractivity contribution in [2.45, 2.75) is 41.6 Å². The number of benzene rings is 1. The highest BCUT2D eigenvalue weighted by atomic mass is 32.2. The van der Waals surface area contributed by atoms with E-state index in [9.17, 15) is 16.8 Å². The van der Waals surface area contributed by atoms with Crippen LogP contribution in [-0.4, -0.2) is 22.9 Å². The summed E-state index contributed by atoms with van der Waals surface area (Å²) in [7, 11) is -7.60. The zero-order valence-corrected chi connectivity index (χ0v) is 14.6. The van der Waals surface area contributed by atoms with Crippen molar-refractivity contribution >= 4 is 20.0 Å². The number of nitrogens with one attached hydrogen (secondary N) is 2. The summed E-state index contributed by atoms with van der Waals surface area (Å²) < 4.78 is 59.6. The second-order valence-electron chi connectivity index (χ2n) is 5.73. The van der Waals surface area contributed by atoms with Gasteiger partial charge in [0, 0.05) is 6.04 Å². The molecule has 7 nitrogen and oxygen atoms in total. The minimum atomic E-state index is -3.88. The van der Waals surface area contributed by atoms with Crippen LogP contribution in [0, 0.1) is 0 Å². The molecule has 1 heterocycles. The highest BCUT2D eigenvalue weighted by molar-refractivity contribution is 7.90. The smallest absolute Gasteiger partial charge is 0.241 e. The van der Waals surface area contributed by atoms with Gasteiger partial charge < -0.3 is 4.42 Å². The Labute approximate surface area is 141 Å². The van der Waals surface area contributed by atoms with Crippen molar-refractivity contribution in [1.82, 2.24) is 9.44 Å². The van der Waals surface area contributed by atoms with Crippen LogP contribution in [0.4, 0.5) is 0 Å². The molecular formula is C15H18N2O5S2. The molecule has 0 saturated heterocycles. The summed E-state index contributed by atoms with van der Waals surface area (Å²) in [4.78, 5) is -0.178. The van der Waals surface area contributed by atoms with E-state index >= 15 is 0 Å². The second kappa shape index (κ2) is 6.32. The minimum Gasteiger partial charge on any atom is -0.468 e. The van der Waals surface area contributed by atoms with E-state index in [2.05, 4.69) is 9.44 Å². The molecule has 0 bridgehead atoms. The normalized spacial score (nSPS) is 16.9. The second-order valence-corrected chi connectivity index (χ2v) is 9.16. The lowest BCUT2D eigenvalue weighted by atomic mass is 10.3. The Morgan fingerprint density at radius 2 is 1.71 bits per heavy atom. The molecule has 1 aromatic heterocycles. The van der Waals surface area contributed by atoms with Gasteiger partial charge in [-0.05, 0) is 50.1 Å². The highest BCUT2D eigenvalue weighted by Crippen LogP contribution is 2.24. The van der Waals surface area contributed by atoms with Crippen LogP contribution in [0.5, 0.6) is 0 Å². The van der Waals surface area contributed by atoms with E-state index in [4.69, 9.17) is 4.42 Å². The van der Waals surface area contributed by atoms with Crippen molar-refractivity contribution in [2.75, 3.05) is 0 Å². The quantitative estimate of drug-likeness (QED) is 0.772. The first-order valence-corrected chi connectivity index (χ1v) is 10.4. The molecule has 0 amide bonds. The molecule has 2 aromatic rings. The predicted molar refractivity (Wildman–Crippen MR) is 87.2 cm³/mol. The van der Waals surface area contributed by atoms with Crippen LogP contribution in [0.15, 0.2) is 56.9 Å². The maximum Gasteiger partial charge on any atom is 0.241 e. The van der Waals surface area contributed by atoms with Gasteiger partial charge in [0.2, 0.25) is 20.0 Å². The molecule has 3 rings (SSSR count). The zero-order valence-electron chi connectivity index (χ0n) is 13.0. The number of hydrogen-bond donors (Lipinski definition) is 2. The summed E-state index contributed by atoms with van der Waals surface area (Å²) in [6, 6.07) is 8.00. The molecule has 9 heteroatoms. The van der Waals surface area contributed by atoms with Crippen LogP contribution in [0.3, 0.4) is 0 Å². The van der Waals surface area contributed by atoms with Gasteiger partial charge in [0.05, 0.1) is 22.1 Å². The lowest BCUT2D eigenvalue weighted by Gasteiger charge is -2.13.